The van der Waals surface area contributed by atoms with Crippen molar-refractivity contribution in [2.24, 2.45) is 0 Å². The Labute approximate surface area is 140 Å². The fourth-order valence-electron chi connectivity index (χ4n) is 2.01. The van der Waals surface area contributed by atoms with Gasteiger partial charge in [0.15, 0.2) is 0 Å². The first kappa shape index (κ1) is 18.9. The van der Waals surface area contributed by atoms with Crippen molar-refractivity contribution in [3.8, 4) is 5.75 Å². The molecule has 0 aliphatic rings. The minimum absolute atomic E-state index is 0.648. The fourth-order valence-corrected chi connectivity index (χ4v) is 2.24. The highest BCUT2D eigenvalue weighted by Gasteiger charge is 2.08. The SMILES string of the molecule is CCCC/C=C(\OCCC)c1ccc(OCCCC)c(Cl)c1. The maximum absolute atomic E-state index is 6.34. The number of rotatable bonds is 11. The van der Waals surface area contributed by atoms with E-state index in [2.05, 4.69) is 26.8 Å². The largest absolute Gasteiger partial charge is 0.493 e. The molecule has 0 spiro atoms. The Morgan fingerprint density at radius 3 is 2.45 bits per heavy atom. The van der Waals surface area contributed by atoms with Crippen LogP contribution in [-0.4, -0.2) is 13.2 Å². The highest BCUT2D eigenvalue weighted by Crippen LogP contribution is 2.29. The van der Waals surface area contributed by atoms with Gasteiger partial charge in [0.2, 0.25) is 0 Å². The smallest absolute Gasteiger partial charge is 0.137 e. The first-order chi connectivity index (χ1) is 10.7. The van der Waals surface area contributed by atoms with Crippen molar-refractivity contribution in [3.63, 3.8) is 0 Å². The molecule has 0 aliphatic heterocycles. The van der Waals surface area contributed by atoms with Gasteiger partial charge in [-0.25, -0.2) is 0 Å². The van der Waals surface area contributed by atoms with Crippen molar-refractivity contribution in [3.05, 3.63) is 34.9 Å². The van der Waals surface area contributed by atoms with Gasteiger partial charge in [-0.15, -0.1) is 0 Å². The molecule has 0 radical (unpaired) electrons. The highest BCUT2D eigenvalue weighted by atomic mass is 35.5. The molecule has 0 unspecified atom stereocenters. The summed E-state index contributed by atoms with van der Waals surface area (Å²) < 4.78 is 11.6. The van der Waals surface area contributed by atoms with E-state index in [0.717, 1.165) is 49.4 Å². The zero-order valence-electron chi connectivity index (χ0n) is 14.2. The van der Waals surface area contributed by atoms with Gasteiger partial charge < -0.3 is 9.47 Å². The predicted molar refractivity (Wildman–Crippen MR) is 95.6 cm³/mol. The second-order valence-corrected chi connectivity index (χ2v) is 5.81. The molecule has 0 fully saturated rings. The van der Waals surface area contributed by atoms with E-state index >= 15 is 0 Å². The van der Waals surface area contributed by atoms with Crippen LogP contribution in [0.3, 0.4) is 0 Å². The van der Waals surface area contributed by atoms with E-state index in [0.29, 0.717) is 11.6 Å². The second kappa shape index (κ2) is 11.4. The maximum Gasteiger partial charge on any atom is 0.137 e. The first-order valence-corrected chi connectivity index (χ1v) is 8.86. The van der Waals surface area contributed by atoms with Crippen LogP contribution >= 0.6 is 11.6 Å². The summed E-state index contributed by atoms with van der Waals surface area (Å²) >= 11 is 6.34. The molecule has 0 N–H and O–H groups in total. The zero-order valence-corrected chi connectivity index (χ0v) is 14.9. The molecule has 0 heterocycles. The maximum atomic E-state index is 6.34. The van der Waals surface area contributed by atoms with Crippen LogP contribution in [0.1, 0.15) is 64.9 Å². The molecule has 0 aromatic heterocycles. The van der Waals surface area contributed by atoms with Crippen LogP contribution in [0.2, 0.25) is 5.02 Å². The van der Waals surface area contributed by atoms with E-state index < -0.39 is 0 Å². The van der Waals surface area contributed by atoms with E-state index in [-0.39, 0.29) is 0 Å². The summed E-state index contributed by atoms with van der Waals surface area (Å²) in [5.74, 6) is 1.68. The van der Waals surface area contributed by atoms with Crippen LogP contribution in [0.4, 0.5) is 0 Å². The van der Waals surface area contributed by atoms with Crippen LogP contribution in [0.25, 0.3) is 5.76 Å². The molecule has 2 nitrogen and oxygen atoms in total. The summed E-state index contributed by atoms with van der Waals surface area (Å²) in [6.45, 7) is 7.89. The molecule has 124 valence electrons. The molecule has 3 heteroatoms. The van der Waals surface area contributed by atoms with Gasteiger partial charge >= 0.3 is 0 Å². The molecule has 1 rings (SSSR count). The summed E-state index contributed by atoms with van der Waals surface area (Å²) in [6.07, 6.45) is 8.71. The summed E-state index contributed by atoms with van der Waals surface area (Å²) in [7, 11) is 0. The zero-order chi connectivity index (χ0) is 16.2. The van der Waals surface area contributed by atoms with Gasteiger partial charge in [0.1, 0.15) is 11.5 Å². The van der Waals surface area contributed by atoms with E-state index in [1.54, 1.807) is 0 Å². The summed E-state index contributed by atoms with van der Waals surface area (Å²) in [4.78, 5) is 0. The second-order valence-electron chi connectivity index (χ2n) is 5.41. The van der Waals surface area contributed by atoms with Gasteiger partial charge in [-0.1, -0.05) is 45.2 Å². The molecule has 1 aromatic carbocycles. The lowest BCUT2D eigenvalue weighted by Gasteiger charge is -2.13. The van der Waals surface area contributed by atoms with Crippen LogP contribution in [-0.2, 0) is 4.74 Å². The lowest BCUT2D eigenvalue weighted by atomic mass is 10.1. The Hall–Kier alpha value is -1.15. The molecular formula is C19H29ClO2. The van der Waals surface area contributed by atoms with Gasteiger partial charge in [0, 0.05) is 5.56 Å². The molecule has 0 saturated carbocycles. The van der Waals surface area contributed by atoms with Gasteiger partial charge in [-0.2, -0.15) is 0 Å². The highest BCUT2D eigenvalue weighted by molar-refractivity contribution is 6.32. The Morgan fingerprint density at radius 2 is 1.82 bits per heavy atom. The summed E-state index contributed by atoms with van der Waals surface area (Å²) in [6, 6.07) is 5.91. The van der Waals surface area contributed by atoms with Crippen molar-refractivity contribution < 1.29 is 9.47 Å². The third-order valence-electron chi connectivity index (χ3n) is 3.32. The van der Waals surface area contributed by atoms with Crippen molar-refractivity contribution in [2.75, 3.05) is 13.2 Å². The topological polar surface area (TPSA) is 18.5 Å². The van der Waals surface area contributed by atoms with Crippen molar-refractivity contribution in [2.45, 2.75) is 59.3 Å². The van der Waals surface area contributed by atoms with Gasteiger partial charge in [-0.05, 0) is 50.0 Å². The Bertz CT molecular complexity index is 455. The molecule has 0 atom stereocenters. The lowest BCUT2D eigenvalue weighted by Crippen LogP contribution is -1.98. The van der Waals surface area contributed by atoms with Crippen molar-refractivity contribution in [1.29, 1.82) is 0 Å². The standard InChI is InChI=1S/C19H29ClO2/c1-4-7-9-10-18(21-13-6-3)16-11-12-19(17(20)15-16)22-14-8-5-2/h10-12,15H,4-9,13-14H2,1-3H3/b18-10-. The predicted octanol–water partition coefficient (Wildman–Crippen LogP) is 6.48. The van der Waals surface area contributed by atoms with E-state index in [4.69, 9.17) is 21.1 Å². The molecule has 0 aliphatic carbocycles. The van der Waals surface area contributed by atoms with Gasteiger partial charge in [-0.3, -0.25) is 0 Å². The fraction of sp³-hybridized carbons (Fsp3) is 0.579. The molecule has 0 amide bonds. The van der Waals surface area contributed by atoms with Crippen molar-refractivity contribution >= 4 is 17.4 Å². The number of halogens is 1. The molecule has 22 heavy (non-hydrogen) atoms. The van der Waals surface area contributed by atoms with Crippen LogP contribution in [0.5, 0.6) is 5.75 Å². The molecule has 1 aromatic rings. The monoisotopic (exact) mass is 324 g/mol. The number of unbranched alkanes of at least 4 members (excludes halogenated alkanes) is 3. The van der Waals surface area contributed by atoms with Gasteiger partial charge in [0.25, 0.3) is 0 Å². The van der Waals surface area contributed by atoms with Crippen LogP contribution < -0.4 is 4.74 Å². The lowest BCUT2D eigenvalue weighted by molar-refractivity contribution is 0.276. The molecular weight excluding hydrogens is 296 g/mol. The molecule has 0 bridgehead atoms. The Kier molecular flexibility index (Phi) is 9.81. The van der Waals surface area contributed by atoms with E-state index in [9.17, 15) is 0 Å². The summed E-state index contributed by atoms with van der Waals surface area (Å²) in [5.41, 5.74) is 1.03. The first-order valence-electron chi connectivity index (χ1n) is 8.48. The number of hydrogen-bond donors (Lipinski definition) is 0. The van der Waals surface area contributed by atoms with E-state index in [1.165, 1.54) is 12.8 Å². The normalized spacial score (nSPS) is 11.5. The number of allylic oxidation sites excluding steroid dienone is 1. The Balaban J connectivity index is 2.81. The average molecular weight is 325 g/mol. The average Bonchev–Trinajstić information content (AvgIpc) is 2.52. The molecule has 0 saturated heterocycles. The van der Waals surface area contributed by atoms with Gasteiger partial charge in [0.05, 0.1) is 18.2 Å². The minimum Gasteiger partial charge on any atom is -0.493 e. The quantitative estimate of drug-likeness (QED) is 0.342. The van der Waals surface area contributed by atoms with Crippen LogP contribution in [0.15, 0.2) is 24.3 Å². The summed E-state index contributed by atoms with van der Waals surface area (Å²) in [5, 5.41) is 0.648. The van der Waals surface area contributed by atoms with Crippen molar-refractivity contribution in [1.82, 2.24) is 0 Å². The van der Waals surface area contributed by atoms with Crippen LogP contribution in [0, 0.1) is 0 Å². The Morgan fingerprint density at radius 1 is 1.05 bits per heavy atom. The minimum atomic E-state index is 0.648. The number of hydrogen-bond acceptors (Lipinski definition) is 2. The number of ether oxygens (including phenoxy) is 2. The van der Waals surface area contributed by atoms with E-state index in [1.807, 2.05) is 18.2 Å². The third-order valence-corrected chi connectivity index (χ3v) is 3.62. The third kappa shape index (κ3) is 6.74. The number of benzene rings is 1.